The number of fused-ring (bicyclic) bond motifs is 2. The number of ether oxygens (including phenoxy) is 1. The molecule has 0 radical (unpaired) electrons. The fraction of sp³-hybridized carbons (Fsp3) is 0.423. The van der Waals surface area contributed by atoms with Gasteiger partial charge >= 0.3 is 12.0 Å². The fourth-order valence-corrected chi connectivity index (χ4v) is 4.31. The minimum absolute atomic E-state index is 0.101. The Labute approximate surface area is 199 Å². The molecule has 2 aromatic rings. The zero-order valence-corrected chi connectivity index (χ0v) is 19.8. The number of hydrogen-bond donors (Lipinski definition) is 1. The number of piperidine rings is 1. The van der Waals surface area contributed by atoms with E-state index in [1.165, 1.54) is 9.96 Å². The number of rotatable bonds is 7. The van der Waals surface area contributed by atoms with Crippen LogP contribution in [0.4, 0.5) is 4.79 Å². The van der Waals surface area contributed by atoms with Gasteiger partial charge in [-0.2, -0.15) is 5.06 Å². The van der Waals surface area contributed by atoms with E-state index in [4.69, 9.17) is 9.57 Å². The maximum Gasteiger partial charge on any atom is 0.345 e. The van der Waals surface area contributed by atoms with Gasteiger partial charge in [-0.3, -0.25) is 9.63 Å². The number of nitrogens with one attached hydrogen (secondary N) is 1. The van der Waals surface area contributed by atoms with E-state index < -0.39 is 23.7 Å². The number of nitrogens with zero attached hydrogens (tertiary/aromatic N) is 2. The highest BCUT2D eigenvalue weighted by molar-refractivity contribution is 5.91. The van der Waals surface area contributed by atoms with Crippen LogP contribution >= 0.6 is 0 Å². The van der Waals surface area contributed by atoms with Crippen molar-refractivity contribution >= 4 is 17.9 Å². The molecule has 2 saturated heterocycles. The Hall–Kier alpha value is -3.39. The molecular formula is C26H31N3O5. The summed E-state index contributed by atoms with van der Waals surface area (Å²) in [7, 11) is 0. The Balaban J connectivity index is 1.45. The van der Waals surface area contributed by atoms with Crippen molar-refractivity contribution in [2.24, 2.45) is 0 Å². The lowest BCUT2D eigenvalue weighted by atomic mass is 9.99. The Morgan fingerprint density at radius 3 is 2.32 bits per heavy atom. The summed E-state index contributed by atoms with van der Waals surface area (Å²) in [4.78, 5) is 46.6. The van der Waals surface area contributed by atoms with E-state index >= 15 is 0 Å². The third-order valence-electron chi connectivity index (χ3n) is 5.90. The standard InChI is InChI=1S/C26H31N3O5/c1-26(2,3)34-24(31)22(19-12-8-5-9-13-19)27-23(30)21-15-14-20-16-28(21)25(32)29(20)33-17-18-10-6-4-7-11-18/h4-13,20-22H,14-17H2,1-3H3,(H,27,30)/t20-,21-,22+/m0/s1. The molecule has 2 bridgehead atoms. The number of hydroxylamine groups is 2. The second kappa shape index (κ2) is 9.85. The van der Waals surface area contributed by atoms with E-state index in [1.54, 1.807) is 45.0 Å². The van der Waals surface area contributed by atoms with Crippen LogP contribution < -0.4 is 5.32 Å². The molecule has 8 nitrogen and oxygen atoms in total. The smallest absolute Gasteiger partial charge is 0.345 e. The zero-order valence-electron chi connectivity index (χ0n) is 19.8. The van der Waals surface area contributed by atoms with Crippen molar-refractivity contribution in [2.45, 2.75) is 63.9 Å². The van der Waals surface area contributed by atoms with Gasteiger partial charge in [0.1, 0.15) is 18.2 Å². The number of amides is 3. The molecule has 0 unspecified atom stereocenters. The Kier molecular flexibility index (Phi) is 6.88. The molecule has 0 aliphatic carbocycles. The largest absolute Gasteiger partial charge is 0.458 e. The second-order valence-electron chi connectivity index (χ2n) is 9.65. The SMILES string of the molecule is CC(C)(C)OC(=O)[C@H](NC(=O)[C@@H]1CC[C@H]2CN1C(=O)N2OCc1ccccc1)c1ccccc1. The first-order valence-electron chi connectivity index (χ1n) is 11.6. The van der Waals surface area contributed by atoms with Gasteiger partial charge in [-0.05, 0) is 44.7 Å². The van der Waals surface area contributed by atoms with Crippen molar-refractivity contribution < 1.29 is 24.0 Å². The minimum Gasteiger partial charge on any atom is -0.458 e. The molecule has 2 aromatic carbocycles. The highest BCUT2D eigenvalue weighted by Gasteiger charge is 2.48. The molecule has 4 rings (SSSR count). The molecule has 0 saturated carbocycles. The third-order valence-corrected chi connectivity index (χ3v) is 5.90. The van der Waals surface area contributed by atoms with Gasteiger partial charge in [-0.25, -0.2) is 9.59 Å². The van der Waals surface area contributed by atoms with E-state index in [0.717, 1.165) is 5.56 Å². The van der Waals surface area contributed by atoms with Gasteiger partial charge in [0.15, 0.2) is 6.04 Å². The quantitative estimate of drug-likeness (QED) is 0.632. The number of urea groups is 1. The molecule has 2 aliphatic rings. The van der Waals surface area contributed by atoms with Crippen molar-refractivity contribution in [3.05, 3.63) is 71.8 Å². The average molecular weight is 466 g/mol. The molecule has 8 heteroatoms. The second-order valence-corrected chi connectivity index (χ2v) is 9.65. The molecule has 34 heavy (non-hydrogen) atoms. The van der Waals surface area contributed by atoms with Gasteiger partial charge in [-0.1, -0.05) is 60.7 Å². The molecule has 2 aliphatic heterocycles. The van der Waals surface area contributed by atoms with E-state index in [1.807, 2.05) is 36.4 Å². The molecule has 2 heterocycles. The predicted octanol–water partition coefficient (Wildman–Crippen LogP) is 3.59. The van der Waals surface area contributed by atoms with E-state index in [2.05, 4.69) is 5.32 Å². The highest BCUT2D eigenvalue weighted by Crippen LogP contribution is 2.31. The summed E-state index contributed by atoms with van der Waals surface area (Å²) >= 11 is 0. The normalized spacial score (nSPS) is 20.7. The van der Waals surface area contributed by atoms with Crippen molar-refractivity contribution in [2.75, 3.05) is 6.54 Å². The Bertz CT molecular complexity index is 1020. The summed E-state index contributed by atoms with van der Waals surface area (Å²) in [6, 6.07) is 16.5. The van der Waals surface area contributed by atoms with Gasteiger partial charge in [0.25, 0.3) is 0 Å². The average Bonchev–Trinajstić information content (AvgIpc) is 3.05. The molecule has 2 fully saturated rings. The van der Waals surface area contributed by atoms with Crippen LogP contribution in [0.25, 0.3) is 0 Å². The molecule has 3 amide bonds. The third kappa shape index (κ3) is 5.39. The monoisotopic (exact) mass is 465 g/mol. The summed E-state index contributed by atoms with van der Waals surface area (Å²) in [5.41, 5.74) is 0.887. The molecule has 3 atom stereocenters. The van der Waals surface area contributed by atoms with Gasteiger partial charge in [0.05, 0.1) is 6.04 Å². The van der Waals surface area contributed by atoms with Crippen LogP contribution in [-0.4, -0.2) is 52.1 Å². The number of benzene rings is 2. The van der Waals surface area contributed by atoms with Crippen molar-refractivity contribution in [3.8, 4) is 0 Å². The summed E-state index contributed by atoms with van der Waals surface area (Å²) in [5.74, 6) is -0.919. The van der Waals surface area contributed by atoms with Crippen molar-refractivity contribution in [3.63, 3.8) is 0 Å². The van der Waals surface area contributed by atoms with Crippen LogP contribution in [0, 0.1) is 0 Å². The number of carbonyl (C=O) groups excluding carboxylic acids is 3. The van der Waals surface area contributed by atoms with Crippen molar-refractivity contribution in [1.29, 1.82) is 0 Å². The predicted molar refractivity (Wildman–Crippen MR) is 125 cm³/mol. The molecular weight excluding hydrogens is 434 g/mol. The number of carbonyl (C=O) groups is 3. The maximum atomic E-state index is 13.3. The van der Waals surface area contributed by atoms with E-state index in [0.29, 0.717) is 24.9 Å². The first kappa shape index (κ1) is 23.8. The lowest BCUT2D eigenvalue weighted by Gasteiger charge is -2.31. The zero-order chi connectivity index (χ0) is 24.3. The van der Waals surface area contributed by atoms with Crippen LogP contribution in [0.3, 0.4) is 0 Å². The van der Waals surface area contributed by atoms with Crippen LogP contribution in [0.2, 0.25) is 0 Å². The molecule has 0 aromatic heterocycles. The van der Waals surface area contributed by atoms with Crippen LogP contribution in [-0.2, 0) is 25.8 Å². The number of hydrogen-bond acceptors (Lipinski definition) is 5. The van der Waals surface area contributed by atoms with Gasteiger partial charge in [-0.15, -0.1) is 0 Å². The summed E-state index contributed by atoms with van der Waals surface area (Å²) in [6.45, 7) is 6.03. The number of esters is 1. The lowest BCUT2D eigenvalue weighted by molar-refractivity contribution is -0.159. The van der Waals surface area contributed by atoms with Crippen molar-refractivity contribution in [1.82, 2.24) is 15.3 Å². The first-order valence-corrected chi connectivity index (χ1v) is 11.6. The summed E-state index contributed by atoms with van der Waals surface area (Å²) in [6.07, 6.45) is 1.13. The lowest BCUT2D eigenvalue weighted by Crippen LogP contribution is -2.51. The Morgan fingerprint density at radius 1 is 1.03 bits per heavy atom. The highest BCUT2D eigenvalue weighted by atomic mass is 16.7. The van der Waals surface area contributed by atoms with Crippen LogP contribution in [0.1, 0.15) is 50.8 Å². The topological polar surface area (TPSA) is 88.2 Å². The van der Waals surface area contributed by atoms with Crippen LogP contribution in [0.15, 0.2) is 60.7 Å². The molecule has 0 spiro atoms. The molecule has 180 valence electrons. The van der Waals surface area contributed by atoms with Gasteiger partial charge < -0.3 is 15.0 Å². The van der Waals surface area contributed by atoms with Gasteiger partial charge in [0, 0.05) is 6.54 Å². The fourth-order valence-electron chi connectivity index (χ4n) is 4.31. The van der Waals surface area contributed by atoms with E-state index in [9.17, 15) is 14.4 Å². The van der Waals surface area contributed by atoms with Gasteiger partial charge in [0.2, 0.25) is 5.91 Å². The minimum atomic E-state index is -0.964. The maximum absolute atomic E-state index is 13.3. The first-order chi connectivity index (χ1) is 16.2. The summed E-state index contributed by atoms with van der Waals surface area (Å²) < 4.78 is 5.55. The Morgan fingerprint density at radius 2 is 1.68 bits per heavy atom. The summed E-state index contributed by atoms with van der Waals surface area (Å²) in [5, 5.41) is 4.23. The van der Waals surface area contributed by atoms with E-state index in [-0.39, 0.29) is 24.6 Å². The molecule has 1 N–H and O–H groups in total. The van der Waals surface area contributed by atoms with Crippen LogP contribution in [0.5, 0.6) is 0 Å².